The molecule has 0 saturated carbocycles. The molecule has 0 saturated heterocycles. The van der Waals surface area contributed by atoms with Crippen molar-refractivity contribution in [3.8, 4) is 17.2 Å². The number of hydrogen-bond donors (Lipinski definition) is 1. The van der Waals surface area contributed by atoms with Crippen LogP contribution < -0.4 is 19.5 Å². The molecule has 0 aliphatic heterocycles. The first-order valence-corrected chi connectivity index (χ1v) is 7.11. The normalized spacial score (nSPS) is 11.5. The molecule has 1 aromatic heterocycles. The molecule has 0 fully saturated rings. The van der Waals surface area contributed by atoms with E-state index in [0.29, 0.717) is 22.8 Å². The van der Waals surface area contributed by atoms with Gasteiger partial charge < -0.3 is 19.5 Å². The Hall–Kier alpha value is -2.76. The van der Waals surface area contributed by atoms with E-state index in [1.807, 2.05) is 19.1 Å². The lowest BCUT2D eigenvalue weighted by Gasteiger charge is -2.16. The monoisotopic (exact) mass is 316 g/mol. The van der Waals surface area contributed by atoms with Crippen molar-refractivity contribution in [2.24, 2.45) is 0 Å². The van der Waals surface area contributed by atoms with E-state index in [1.165, 1.54) is 21.3 Å². The molecule has 1 aromatic carbocycles. The minimum atomic E-state index is -0.236. The molecule has 0 radical (unpaired) electrons. The summed E-state index contributed by atoms with van der Waals surface area (Å²) in [6, 6.07) is 6.81. The number of carbonyl (C=O) groups is 1. The average Bonchev–Trinajstić information content (AvgIpc) is 2.60. The third-order valence-corrected chi connectivity index (χ3v) is 3.46. The Balaban J connectivity index is 2.25. The van der Waals surface area contributed by atoms with Gasteiger partial charge in [0.05, 0.1) is 27.4 Å². The van der Waals surface area contributed by atoms with Crippen molar-refractivity contribution in [1.29, 1.82) is 0 Å². The Morgan fingerprint density at radius 2 is 1.78 bits per heavy atom. The second kappa shape index (κ2) is 7.49. The largest absolute Gasteiger partial charge is 0.493 e. The van der Waals surface area contributed by atoms with Gasteiger partial charge in [-0.25, -0.2) is 0 Å². The zero-order valence-electron chi connectivity index (χ0n) is 13.6. The van der Waals surface area contributed by atoms with Crippen LogP contribution in [0.5, 0.6) is 17.2 Å². The highest BCUT2D eigenvalue weighted by Crippen LogP contribution is 2.38. The van der Waals surface area contributed by atoms with Crippen LogP contribution in [0.25, 0.3) is 0 Å². The molecular formula is C17H20N2O4. The highest BCUT2D eigenvalue weighted by atomic mass is 16.5. The molecule has 122 valence electrons. The lowest BCUT2D eigenvalue weighted by atomic mass is 10.1. The fourth-order valence-electron chi connectivity index (χ4n) is 2.21. The summed E-state index contributed by atoms with van der Waals surface area (Å²) in [6.07, 6.45) is 3.41. The summed E-state index contributed by atoms with van der Waals surface area (Å²) in [6.45, 7) is 1.90. The molecule has 2 rings (SSSR count). The number of nitrogens with one attached hydrogen (secondary N) is 1. The highest BCUT2D eigenvalue weighted by Gasteiger charge is 2.18. The molecule has 6 nitrogen and oxygen atoms in total. The number of nitrogens with zero attached hydrogens (tertiary/aromatic N) is 1. The quantitative estimate of drug-likeness (QED) is 0.887. The summed E-state index contributed by atoms with van der Waals surface area (Å²) in [5.74, 6) is 1.09. The van der Waals surface area contributed by atoms with E-state index in [9.17, 15) is 4.79 Å². The Kier molecular flexibility index (Phi) is 5.41. The Morgan fingerprint density at radius 3 is 2.26 bits per heavy atom. The van der Waals surface area contributed by atoms with Crippen molar-refractivity contribution in [1.82, 2.24) is 10.3 Å². The molecule has 0 bridgehead atoms. The maximum atomic E-state index is 12.5. The van der Waals surface area contributed by atoms with Gasteiger partial charge in [-0.1, -0.05) is 6.07 Å². The van der Waals surface area contributed by atoms with Gasteiger partial charge in [0.2, 0.25) is 5.75 Å². The molecule has 6 heteroatoms. The number of pyridine rings is 1. The molecule has 23 heavy (non-hydrogen) atoms. The second-order valence-electron chi connectivity index (χ2n) is 4.90. The number of aromatic nitrogens is 1. The minimum Gasteiger partial charge on any atom is -0.493 e. The number of ether oxygens (including phenoxy) is 3. The molecule has 0 aliphatic carbocycles. The fraction of sp³-hybridized carbons (Fsp3) is 0.294. The summed E-state index contributed by atoms with van der Waals surface area (Å²) in [5, 5.41) is 2.92. The second-order valence-corrected chi connectivity index (χ2v) is 4.90. The van der Waals surface area contributed by atoms with E-state index in [0.717, 1.165) is 5.56 Å². The van der Waals surface area contributed by atoms with Gasteiger partial charge in [0.1, 0.15) is 0 Å². The molecule has 2 aromatic rings. The van der Waals surface area contributed by atoms with Gasteiger partial charge in [-0.15, -0.1) is 0 Å². The van der Waals surface area contributed by atoms with E-state index in [4.69, 9.17) is 14.2 Å². The summed E-state index contributed by atoms with van der Waals surface area (Å²) >= 11 is 0. The number of amides is 1. The SMILES string of the molecule is COc1cc(C(=O)N[C@@H](C)c2cccnc2)cc(OC)c1OC. The molecule has 1 amide bonds. The number of benzene rings is 1. The van der Waals surface area contributed by atoms with Gasteiger partial charge in [0.25, 0.3) is 5.91 Å². The smallest absolute Gasteiger partial charge is 0.252 e. The average molecular weight is 316 g/mol. The van der Waals surface area contributed by atoms with Gasteiger partial charge in [-0.3, -0.25) is 9.78 Å². The predicted molar refractivity (Wildman–Crippen MR) is 86.2 cm³/mol. The topological polar surface area (TPSA) is 69.7 Å². The first kappa shape index (κ1) is 16.6. The molecule has 0 spiro atoms. The van der Waals surface area contributed by atoms with Crippen molar-refractivity contribution in [3.63, 3.8) is 0 Å². The number of carbonyl (C=O) groups excluding carboxylic acids is 1. The molecule has 0 unspecified atom stereocenters. The van der Waals surface area contributed by atoms with Crippen LogP contribution in [0.4, 0.5) is 0 Å². The minimum absolute atomic E-state index is 0.171. The molecule has 1 heterocycles. The Bertz CT molecular complexity index is 649. The van der Waals surface area contributed by atoms with E-state index in [-0.39, 0.29) is 11.9 Å². The van der Waals surface area contributed by atoms with Crippen LogP contribution in [0.15, 0.2) is 36.7 Å². The van der Waals surface area contributed by atoms with E-state index >= 15 is 0 Å². The van der Waals surface area contributed by atoms with Crippen LogP contribution in [0.1, 0.15) is 28.9 Å². The molecular weight excluding hydrogens is 296 g/mol. The van der Waals surface area contributed by atoms with Crippen LogP contribution in [-0.4, -0.2) is 32.2 Å². The van der Waals surface area contributed by atoms with Crippen molar-refractivity contribution in [2.75, 3.05) is 21.3 Å². The van der Waals surface area contributed by atoms with Crippen LogP contribution >= 0.6 is 0 Å². The molecule has 1 N–H and O–H groups in total. The van der Waals surface area contributed by atoms with Crippen molar-refractivity contribution >= 4 is 5.91 Å². The summed E-state index contributed by atoms with van der Waals surface area (Å²) in [7, 11) is 4.54. The summed E-state index contributed by atoms with van der Waals surface area (Å²) in [4.78, 5) is 16.5. The third-order valence-electron chi connectivity index (χ3n) is 3.46. The highest BCUT2D eigenvalue weighted by molar-refractivity contribution is 5.95. The standard InChI is InChI=1S/C17H20N2O4/c1-11(12-6-5-7-18-10-12)19-17(20)13-8-14(21-2)16(23-4)15(9-13)22-3/h5-11H,1-4H3,(H,19,20)/t11-/m0/s1. The maximum absolute atomic E-state index is 12.5. The number of rotatable bonds is 6. The van der Waals surface area contributed by atoms with Crippen LogP contribution in [0.3, 0.4) is 0 Å². The van der Waals surface area contributed by atoms with Gasteiger partial charge in [0, 0.05) is 18.0 Å². The van der Waals surface area contributed by atoms with Crippen molar-refractivity contribution in [3.05, 3.63) is 47.8 Å². The van der Waals surface area contributed by atoms with Crippen LogP contribution in [-0.2, 0) is 0 Å². The number of methoxy groups -OCH3 is 3. The van der Waals surface area contributed by atoms with E-state index in [2.05, 4.69) is 10.3 Å². The lowest BCUT2D eigenvalue weighted by molar-refractivity contribution is 0.0939. The zero-order chi connectivity index (χ0) is 16.8. The Morgan fingerprint density at radius 1 is 1.13 bits per heavy atom. The van der Waals surface area contributed by atoms with Gasteiger partial charge >= 0.3 is 0 Å². The zero-order valence-corrected chi connectivity index (χ0v) is 13.6. The first-order valence-electron chi connectivity index (χ1n) is 7.11. The maximum Gasteiger partial charge on any atom is 0.252 e. The van der Waals surface area contributed by atoms with Crippen molar-refractivity contribution < 1.29 is 19.0 Å². The molecule has 1 atom stereocenters. The van der Waals surface area contributed by atoms with Gasteiger partial charge in [-0.05, 0) is 30.7 Å². The van der Waals surface area contributed by atoms with Crippen LogP contribution in [0.2, 0.25) is 0 Å². The third kappa shape index (κ3) is 3.71. The van der Waals surface area contributed by atoms with E-state index < -0.39 is 0 Å². The van der Waals surface area contributed by atoms with Gasteiger partial charge in [0.15, 0.2) is 11.5 Å². The van der Waals surface area contributed by atoms with Crippen LogP contribution in [0, 0.1) is 0 Å². The molecule has 0 aliphatic rings. The fourth-order valence-corrected chi connectivity index (χ4v) is 2.21. The van der Waals surface area contributed by atoms with Crippen molar-refractivity contribution in [2.45, 2.75) is 13.0 Å². The number of hydrogen-bond acceptors (Lipinski definition) is 5. The van der Waals surface area contributed by atoms with E-state index in [1.54, 1.807) is 24.5 Å². The van der Waals surface area contributed by atoms with Gasteiger partial charge in [-0.2, -0.15) is 0 Å². The predicted octanol–water partition coefficient (Wildman–Crippen LogP) is 2.60. The first-order chi connectivity index (χ1) is 11.1. The summed E-state index contributed by atoms with van der Waals surface area (Å²) in [5.41, 5.74) is 1.35. The summed E-state index contributed by atoms with van der Waals surface area (Å²) < 4.78 is 15.8. The lowest BCUT2D eigenvalue weighted by Crippen LogP contribution is -2.26. The Labute approximate surface area is 135 Å².